The highest BCUT2D eigenvalue weighted by molar-refractivity contribution is 5.67. The van der Waals surface area contributed by atoms with E-state index >= 15 is 0 Å². The Balaban J connectivity index is 3.68. The monoisotopic (exact) mass is 173 g/mol. The second kappa shape index (κ2) is 5.01. The van der Waals surface area contributed by atoms with E-state index in [9.17, 15) is 4.79 Å². The Hall–Kier alpha value is -0.730. The third-order valence-corrected chi connectivity index (χ3v) is 1.74. The lowest BCUT2D eigenvalue weighted by Gasteiger charge is -2.23. The zero-order valence-corrected chi connectivity index (χ0v) is 8.44. The van der Waals surface area contributed by atoms with Crippen LogP contribution in [0.25, 0.3) is 0 Å². The van der Waals surface area contributed by atoms with Crippen LogP contribution in [0.2, 0.25) is 0 Å². The van der Waals surface area contributed by atoms with Crippen molar-refractivity contribution >= 4 is 6.09 Å². The van der Waals surface area contributed by atoms with E-state index in [2.05, 4.69) is 5.32 Å². The van der Waals surface area contributed by atoms with Gasteiger partial charge in [-0.05, 0) is 26.7 Å². The smallest absolute Gasteiger partial charge is 0.407 e. The molecule has 0 spiro atoms. The number of amides is 1. The summed E-state index contributed by atoms with van der Waals surface area (Å²) < 4.78 is 5.14. The molecule has 0 aliphatic rings. The Kier molecular flexibility index (Phi) is 4.71. The van der Waals surface area contributed by atoms with Crippen LogP contribution in [-0.2, 0) is 4.74 Å². The van der Waals surface area contributed by atoms with Gasteiger partial charge in [0.25, 0.3) is 0 Å². The predicted molar refractivity (Wildman–Crippen MR) is 49.1 cm³/mol. The number of carbonyl (C=O) groups is 1. The minimum absolute atomic E-state index is 0.316. The maximum Gasteiger partial charge on any atom is 0.407 e. The quantitative estimate of drug-likeness (QED) is 0.708. The van der Waals surface area contributed by atoms with E-state index in [-0.39, 0.29) is 11.7 Å². The third kappa shape index (κ3) is 4.99. The first-order chi connectivity index (χ1) is 5.52. The largest absolute Gasteiger partial charge is 0.444 e. The van der Waals surface area contributed by atoms with Gasteiger partial charge in [0.15, 0.2) is 0 Å². The molecule has 1 amide bonds. The zero-order valence-electron chi connectivity index (χ0n) is 8.44. The molecule has 3 nitrogen and oxygen atoms in total. The molecular weight excluding hydrogens is 154 g/mol. The van der Waals surface area contributed by atoms with Gasteiger partial charge >= 0.3 is 6.09 Å². The van der Waals surface area contributed by atoms with Crippen LogP contribution in [0.4, 0.5) is 4.79 Å². The number of ether oxygens (including phenoxy) is 1. The molecule has 0 saturated heterocycles. The molecule has 0 unspecified atom stereocenters. The van der Waals surface area contributed by atoms with E-state index in [1.807, 2.05) is 27.7 Å². The Bertz CT molecular complexity index is 143. The predicted octanol–water partition coefficient (Wildman–Crippen LogP) is 2.31. The van der Waals surface area contributed by atoms with Crippen LogP contribution in [0, 0.1) is 0 Å². The first-order valence-electron chi connectivity index (χ1n) is 4.48. The minimum atomic E-state index is -0.349. The summed E-state index contributed by atoms with van der Waals surface area (Å²) in [5, 5.41) is 2.66. The van der Waals surface area contributed by atoms with Gasteiger partial charge in [-0.3, -0.25) is 0 Å². The Morgan fingerprint density at radius 2 is 2.00 bits per heavy atom. The number of hydrogen-bond acceptors (Lipinski definition) is 2. The van der Waals surface area contributed by atoms with E-state index in [4.69, 9.17) is 4.74 Å². The molecule has 0 radical (unpaired) electrons. The molecule has 0 bridgehead atoms. The van der Waals surface area contributed by atoms with Gasteiger partial charge in [0.2, 0.25) is 0 Å². The molecule has 0 saturated carbocycles. The summed E-state index contributed by atoms with van der Waals surface area (Å²) in [5.74, 6) is 0. The fourth-order valence-electron chi connectivity index (χ4n) is 0.586. The lowest BCUT2D eigenvalue weighted by atomic mass is 10.1. The Labute approximate surface area is 74.5 Å². The summed E-state index contributed by atoms with van der Waals surface area (Å²) in [7, 11) is 0. The average Bonchev–Trinajstić information content (AvgIpc) is 2.00. The number of alkyl carbamates (subject to hydrolysis) is 1. The highest BCUT2D eigenvalue weighted by Crippen LogP contribution is 2.12. The normalized spacial score (nSPS) is 11.0. The fourth-order valence-corrected chi connectivity index (χ4v) is 0.586. The second-order valence-electron chi connectivity index (χ2n) is 3.43. The summed E-state index contributed by atoms with van der Waals surface area (Å²) in [6.45, 7) is 8.48. The van der Waals surface area contributed by atoms with Gasteiger partial charge in [-0.1, -0.05) is 13.8 Å². The first-order valence-corrected chi connectivity index (χ1v) is 4.48. The maximum atomic E-state index is 11.0. The molecule has 0 aromatic heterocycles. The first kappa shape index (κ1) is 11.3. The van der Waals surface area contributed by atoms with E-state index in [0.717, 1.165) is 12.8 Å². The molecular formula is C9H19NO2. The molecule has 0 atom stereocenters. The molecule has 0 heterocycles. The van der Waals surface area contributed by atoms with E-state index in [0.29, 0.717) is 6.54 Å². The molecule has 72 valence electrons. The van der Waals surface area contributed by atoms with E-state index < -0.39 is 0 Å². The molecule has 1 N–H and O–H groups in total. The molecule has 0 aromatic carbocycles. The van der Waals surface area contributed by atoms with Gasteiger partial charge in [0.1, 0.15) is 5.60 Å². The van der Waals surface area contributed by atoms with Gasteiger partial charge in [-0.25, -0.2) is 4.79 Å². The summed E-state index contributed by atoms with van der Waals surface area (Å²) in [4.78, 5) is 11.0. The molecule has 0 aliphatic carbocycles. The third-order valence-electron chi connectivity index (χ3n) is 1.74. The second-order valence-corrected chi connectivity index (χ2v) is 3.43. The zero-order chi connectivity index (χ0) is 9.61. The number of carbonyl (C=O) groups excluding carboxylic acids is 1. The molecule has 3 heteroatoms. The molecule has 0 aromatic rings. The number of nitrogens with one attached hydrogen (secondary N) is 1. The summed E-state index contributed by atoms with van der Waals surface area (Å²) in [6.07, 6.45) is 1.44. The van der Waals surface area contributed by atoms with Crippen molar-refractivity contribution in [2.45, 2.75) is 46.1 Å². The van der Waals surface area contributed by atoms with Crippen LogP contribution in [0.5, 0.6) is 0 Å². The van der Waals surface area contributed by atoms with Crippen LogP contribution >= 0.6 is 0 Å². The average molecular weight is 173 g/mol. The topological polar surface area (TPSA) is 38.3 Å². The lowest BCUT2D eigenvalue weighted by Crippen LogP contribution is -2.34. The van der Waals surface area contributed by atoms with Crippen molar-refractivity contribution in [1.29, 1.82) is 0 Å². The maximum absolute atomic E-state index is 11.0. The lowest BCUT2D eigenvalue weighted by molar-refractivity contribution is 0.0364. The van der Waals surface area contributed by atoms with E-state index in [1.165, 1.54) is 0 Å². The summed E-state index contributed by atoms with van der Waals surface area (Å²) in [5.41, 5.74) is -0.349. The Morgan fingerprint density at radius 1 is 1.42 bits per heavy atom. The molecule has 0 aliphatic heterocycles. The summed E-state index contributed by atoms with van der Waals surface area (Å²) >= 11 is 0. The van der Waals surface area contributed by atoms with Crippen LogP contribution in [0.15, 0.2) is 0 Å². The van der Waals surface area contributed by atoms with Crippen molar-refractivity contribution in [3.05, 3.63) is 0 Å². The van der Waals surface area contributed by atoms with Crippen molar-refractivity contribution in [3.8, 4) is 0 Å². The van der Waals surface area contributed by atoms with E-state index in [1.54, 1.807) is 0 Å². The fraction of sp³-hybridized carbons (Fsp3) is 0.889. The van der Waals surface area contributed by atoms with Crippen molar-refractivity contribution < 1.29 is 9.53 Å². The van der Waals surface area contributed by atoms with Crippen molar-refractivity contribution in [3.63, 3.8) is 0 Å². The minimum Gasteiger partial charge on any atom is -0.444 e. The van der Waals surface area contributed by atoms with Crippen molar-refractivity contribution in [2.75, 3.05) is 6.54 Å². The van der Waals surface area contributed by atoms with Crippen molar-refractivity contribution in [1.82, 2.24) is 5.32 Å². The number of hydrogen-bond donors (Lipinski definition) is 1. The van der Waals surface area contributed by atoms with Gasteiger partial charge < -0.3 is 10.1 Å². The van der Waals surface area contributed by atoms with Gasteiger partial charge in [0.05, 0.1) is 0 Å². The Morgan fingerprint density at radius 3 is 2.42 bits per heavy atom. The van der Waals surface area contributed by atoms with Crippen molar-refractivity contribution in [2.24, 2.45) is 0 Å². The number of rotatable bonds is 4. The van der Waals surface area contributed by atoms with Crippen LogP contribution < -0.4 is 5.32 Å². The van der Waals surface area contributed by atoms with Gasteiger partial charge in [-0.15, -0.1) is 0 Å². The molecule has 12 heavy (non-hydrogen) atoms. The standard InChI is InChI=1S/C9H19NO2/c1-5-7-10-8(11)12-9(3,4)6-2/h5-7H2,1-4H3,(H,10,11). The van der Waals surface area contributed by atoms with Gasteiger partial charge in [0, 0.05) is 6.54 Å². The van der Waals surface area contributed by atoms with Crippen LogP contribution in [0.1, 0.15) is 40.5 Å². The molecule has 0 rings (SSSR count). The summed E-state index contributed by atoms with van der Waals surface area (Å²) in [6, 6.07) is 0. The highest BCUT2D eigenvalue weighted by Gasteiger charge is 2.19. The van der Waals surface area contributed by atoms with Crippen LogP contribution in [-0.4, -0.2) is 18.2 Å². The molecule has 0 fully saturated rings. The SMILES string of the molecule is CCCNC(=O)OC(C)(C)CC. The highest BCUT2D eigenvalue weighted by atomic mass is 16.6. The van der Waals surface area contributed by atoms with Gasteiger partial charge in [-0.2, -0.15) is 0 Å². The van der Waals surface area contributed by atoms with Crippen LogP contribution in [0.3, 0.4) is 0 Å².